The number of nitrogens with zero attached hydrogens (tertiary/aromatic N) is 4. The van der Waals surface area contributed by atoms with Crippen LogP contribution in [0.4, 0.5) is 5.95 Å². The molecule has 5 nitrogen and oxygen atoms in total. The Labute approximate surface area is 160 Å². The highest BCUT2D eigenvalue weighted by Gasteiger charge is 2.28. The van der Waals surface area contributed by atoms with Gasteiger partial charge in [0.25, 0.3) is 0 Å². The molecule has 0 aromatic carbocycles. The second-order valence-electron chi connectivity index (χ2n) is 7.19. The standard InChI is InChI=1S/C20H27ClN4O/c1-15(7-11-26-19-4-3-8-22-14-19)16(2)17-5-9-25(10-6-17)20-23-12-18(21)13-24-20/h3-4,8,12-17H,5-7,9-11H2,1-2H3. The molecule has 2 aromatic heterocycles. The molecule has 2 aromatic rings. The number of rotatable bonds is 7. The molecule has 0 N–H and O–H groups in total. The molecule has 2 atom stereocenters. The quantitative estimate of drug-likeness (QED) is 0.715. The molecule has 0 amide bonds. The summed E-state index contributed by atoms with van der Waals surface area (Å²) in [6.07, 6.45) is 10.3. The monoisotopic (exact) mass is 374 g/mol. The summed E-state index contributed by atoms with van der Waals surface area (Å²) in [4.78, 5) is 15.0. The number of ether oxygens (including phenoxy) is 1. The molecule has 140 valence electrons. The van der Waals surface area contributed by atoms with Crippen molar-refractivity contribution in [3.8, 4) is 5.75 Å². The number of aromatic nitrogens is 3. The minimum Gasteiger partial charge on any atom is -0.492 e. The number of hydrogen-bond acceptors (Lipinski definition) is 5. The van der Waals surface area contributed by atoms with Crippen molar-refractivity contribution in [2.45, 2.75) is 33.1 Å². The summed E-state index contributed by atoms with van der Waals surface area (Å²) in [5.74, 6) is 3.70. The lowest BCUT2D eigenvalue weighted by Crippen LogP contribution is -2.37. The Balaban J connectivity index is 1.42. The van der Waals surface area contributed by atoms with Crippen LogP contribution in [0.15, 0.2) is 36.9 Å². The number of pyridine rings is 1. The van der Waals surface area contributed by atoms with Gasteiger partial charge in [-0.3, -0.25) is 4.98 Å². The normalized spacial score (nSPS) is 17.7. The molecule has 1 aliphatic rings. The number of halogens is 1. The van der Waals surface area contributed by atoms with Crippen molar-refractivity contribution >= 4 is 17.5 Å². The zero-order valence-corrected chi connectivity index (χ0v) is 16.3. The van der Waals surface area contributed by atoms with E-state index in [1.54, 1.807) is 24.8 Å². The first-order chi connectivity index (χ1) is 12.6. The van der Waals surface area contributed by atoms with E-state index in [9.17, 15) is 0 Å². The SMILES string of the molecule is CC(CCOc1cccnc1)C(C)C1CCN(c2ncc(Cl)cn2)CC1. The van der Waals surface area contributed by atoms with E-state index in [1.165, 1.54) is 12.8 Å². The van der Waals surface area contributed by atoms with Gasteiger partial charge in [0.15, 0.2) is 0 Å². The van der Waals surface area contributed by atoms with Gasteiger partial charge in [0.05, 0.1) is 30.2 Å². The minimum atomic E-state index is 0.583. The zero-order valence-electron chi connectivity index (χ0n) is 15.5. The first-order valence-electron chi connectivity index (χ1n) is 9.39. The van der Waals surface area contributed by atoms with Gasteiger partial charge in [-0.2, -0.15) is 0 Å². The molecule has 1 aliphatic heterocycles. The lowest BCUT2D eigenvalue weighted by Gasteiger charge is -2.37. The Kier molecular flexibility index (Phi) is 6.67. The largest absolute Gasteiger partial charge is 0.492 e. The summed E-state index contributed by atoms with van der Waals surface area (Å²) in [5.41, 5.74) is 0. The van der Waals surface area contributed by atoms with Gasteiger partial charge in [0.2, 0.25) is 5.95 Å². The average molecular weight is 375 g/mol. The minimum absolute atomic E-state index is 0.583. The van der Waals surface area contributed by atoms with Crippen molar-refractivity contribution in [2.24, 2.45) is 17.8 Å². The van der Waals surface area contributed by atoms with Crippen molar-refractivity contribution in [3.05, 3.63) is 41.9 Å². The molecule has 0 radical (unpaired) electrons. The highest BCUT2D eigenvalue weighted by Crippen LogP contribution is 2.32. The Bertz CT molecular complexity index is 659. The third-order valence-electron chi connectivity index (χ3n) is 5.55. The van der Waals surface area contributed by atoms with E-state index < -0.39 is 0 Å². The number of hydrogen-bond donors (Lipinski definition) is 0. The molecule has 3 heterocycles. The summed E-state index contributed by atoms with van der Waals surface area (Å²) in [5, 5.41) is 0.583. The molecule has 0 spiro atoms. The molecule has 1 saturated heterocycles. The molecule has 6 heteroatoms. The zero-order chi connectivity index (χ0) is 18.4. The molecule has 0 aliphatic carbocycles. The maximum absolute atomic E-state index is 5.87. The van der Waals surface area contributed by atoms with Crippen LogP contribution in [-0.4, -0.2) is 34.6 Å². The Morgan fingerprint density at radius 2 is 1.92 bits per heavy atom. The van der Waals surface area contributed by atoms with E-state index in [-0.39, 0.29) is 0 Å². The summed E-state index contributed by atoms with van der Waals surface area (Å²) in [6.45, 7) is 7.49. The molecule has 2 unspecified atom stereocenters. The molecule has 26 heavy (non-hydrogen) atoms. The van der Waals surface area contributed by atoms with Crippen molar-refractivity contribution in [3.63, 3.8) is 0 Å². The van der Waals surface area contributed by atoms with Gasteiger partial charge in [-0.05, 0) is 49.1 Å². The first kappa shape index (κ1) is 18.9. The van der Waals surface area contributed by atoms with E-state index in [0.29, 0.717) is 16.9 Å². The lowest BCUT2D eigenvalue weighted by atomic mass is 9.77. The highest BCUT2D eigenvalue weighted by molar-refractivity contribution is 6.30. The third kappa shape index (κ3) is 5.07. The van der Waals surface area contributed by atoms with Gasteiger partial charge in [-0.1, -0.05) is 25.4 Å². The van der Waals surface area contributed by atoms with Gasteiger partial charge in [-0.15, -0.1) is 0 Å². The fourth-order valence-electron chi connectivity index (χ4n) is 3.62. The van der Waals surface area contributed by atoms with Crippen LogP contribution in [0.2, 0.25) is 5.02 Å². The Hall–Kier alpha value is -1.88. The third-order valence-corrected chi connectivity index (χ3v) is 5.74. The van der Waals surface area contributed by atoms with Crippen molar-refractivity contribution in [1.29, 1.82) is 0 Å². The number of anilines is 1. The van der Waals surface area contributed by atoms with Gasteiger partial charge < -0.3 is 9.64 Å². The van der Waals surface area contributed by atoms with Gasteiger partial charge in [0.1, 0.15) is 5.75 Å². The molecule has 1 fully saturated rings. The van der Waals surface area contributed by atoms with Crippen LogP contribution < -0.4 is 9.64 Å². The van der Waals surface area contributed by atoms with E-state index >= 15 is 0 Å². The molecule has 0 bridgehead atoms. The predicted molar refractivity (Wildman–Crippen MR) is 105 cm³/mol. The second-order valence-corrected chi connectivity index (χ2v) is 7.62. The average Bonchev–Trinajstić information content (AvgIpc) is 2.69. The Morgan fingerprint density at radius 3 is 2.58 bits per heavy atom. The van der Waals surface area contributed by atoms with Crippen molar-refractivity contribution in [2.75, 3.05) is 24.6 Å². The Morgan fingerprint density at radius 1 is 1.19 bits per heavy atom. The topological polar surface area (TPSA) is 51.1 Å². The van der Waals surface area contributed by atoms with Crippen LogP contribution in [0.25, 0.3) is 0 Å². The van der Waals surface area contributed by atoms with Crippen LogP contribution in [-0.2, 0) is 0 Å². The van der Waals surface area contributed by atoms with Gasteiger partial charge >= 0.3 is 0 Å². The lowest BCUT2D eigenvalue weighted by molar-refractivity contribution is 0.186. The fourth-order valence-corrected chi connectivity index (χ4v) is 3.71. The van der Waals surface area contributed by atoms with Gasteiger partial charge in [-0.25, -0.2) is 9.97 Å². The van der Waals surface area contributed by atoms with Crippen molar-refractivity contribution < 1.29 is 4.74 Å². The van der Waals surface area contributed by atoms with E-state index in [4.69, 9.17) is 16.3 Å². The smallest absolute Gasteiger partial charge is 0.225 e. The summed E-state index contributed by atoms with van der Waals surface area (Å²) in [6, 6.07) is 3.86. The van der Waals surface area contributed by atoms with Crippen molar-refractivity contribution in [1.82, 2.24) is 15.0 Å². The summed E-state index contributed by atoms with van der Waals surface area (Å²) in [7, 11) is 0. The highest BCUT2D eigenvalue weighted by atomic mass is 35.5. The molecule has 3 rings (SSSR count). The van der Waals surface area contributed by atoms with Crippen LogP contribution in [0, 0.1) is 17.8 Å². The summed E-state index contributed by atoms with van der Waals surface area (Å²) >= 11 is 5.87. The predicted octanol–water partition coefficient (Wildman–Crippen LogP) is 4.48. The van der Waals surface area contributed by atoms with E-state index in [0.717, 1.165) is 43.7 Å². The number of piperidine rings is 1. The fraction of sp³-hybridized carbons (Fsp3) is 0.550. The second kappa shape index (κ2) is 9.17. The van der Waals surface area contributed by atoms with E-state index in [2.05, 4.69) is 33.7 Å². The molecular weight excluding hydrogens is 348 g/mol. The van der Waals surface area contributed by atoms with Crippen LogP contribution in [0.3, 0.4) is 0 Å². The summed E-state index contributed by atoms with van der Waals surface area (Å²) < 4.78 is 5.80. The molecule has 0 saturated carbocycles. The molecular formula is C20H27ClN4O. The van der Waals surface area contributed by atoms with Crippen LogP contribution in [0.5, 0.6) is 5.75 Å². The maximum atomic E-state index is 5.87. The van der Waals surface area contributed by atoms with Crippen LogP contribution in [0.1, 0.15) is 33.1 Å². The van der Waals surface area contributed by atoms with E-state index in [1.807, 2.05) is 12.1 Å². The maximum Gasteiger partial charge on any atom is 0.225 e. The van der Waals surface area contributed by atoms with Gasteiger partial charge in [0, 0.05) is 19.3 Å². The first-order valence-corrected chi connectivity index (χ1v) is 9.76. The van der Waals surface area contributed by atoms with Crippen LogP contribution >= 0.6 is 11.6 Å².